The Kier molecular flexibility index (Phi) is 3.46. The van der Waals surface area contributed by atoms with E-state index in [1.807, 2.05) is 40.5 Å². The van der Waals surface area contributed by atoms with E-state index in [-0.39, 0.29) is 11.9 Å². The van der Waals surface area contributed by atoms with Crippen molar-refractivity contribution in [1.82, 2.24) is 15.1 Å². The summed E-state index contributed by atoms with van der Waals surface area (Å²) in [4.78, 5) is 12.9. The van der Waals surface area contributed by atoms with Crippen molar-refractivity contribution < 1.29 is 4.79 Å². The molecule has 1 atom stereocenters. The van der Waals surface area contributed by atoms with Crippen molar-refractivity contribution in [3.8, 4) is 0 Å². The molecule has 0 radical (unpaired) electrons. The lowest BCUT2D eigenvalue weighted by molar-refractivity contribution is -0.117. The predicted molar refractivity (Wildman–Crippen MR) is 75.8 cm³/mol. The summed E-state index contributed by atoms with van der Waals surface area (Å²) in [7, 11) is 0. The summed E-state index contributed by atoms with van der Waals surface area (Å²) >= 11 is 1.62. The van der Waals surface area contributed by atoms with Crippen LogP contribution in [0.15, 0.2) is 35.9 Å². The number of nitrogens with zero attached hydrogens (tertiary/aromatic N) is 2. The van der Waals surface area contributed by atoms with Gasteiger partial charge in [0.2, 0.25) is 5.91 Å². The fourth-order valence-electron chi connectivity index (χ4n) is 2.28. The largest absolute Gasteiger partial charge is 0.349 e. The van der Waals surface area contributed by atoms with Crippen LogP contribution in [0.3, 0.4) is 0 Å². The number of nitrogens with one attached hydrogen (secondary N) is 1. The number of amides is 1. The van der Waals surface area contributed by atoms with E-state index >= 15 is 0 Å². The lowest BCUT2D eigenvalue weighted by Gasteiger charge is -2.23. The minimum Gasteiger partial charge on any atom is -0.349 e. The molecule has 2 aromatic rings. The highest BCUT2D eigenvalue weighted by atomic mass is 32.1. The summed E-state index contributed by atoms with van der Waals surface area (Å²) in [6.45, 7) is 0.877. The summed E-state index contributed by atoms with van der Waals surface area (Å²) in [6.07, 6.45) is 7.08. The molecular formula is C14H15N3OS. The fourth-order valence-corrected chi connectivity index (χ4v) is 2.90. The SMILES string of the molecule is O=C(/C=C/c1cccs1)N[C@H]1CCn2nccc2C1. The number of thiophene rings is 1. The maximum absolute atomic E-state index is 11.8. The van der Waals surface area contributed by atoms with Crippen LogP contribution in [0.2, 0.25) is 0 Å². The second kappa shape index (κ2) is 5.40. The molecule has 0 saturated carbocycles. The van der Waals surface area contributed by atoms with Crippen LogP contribution in [0.1, 0.15) is 17.0 Å². The van der Waals surface area contributed by atoms with Crippen LogP contribution in [0.5, 0.6) is 0 Å². The Bertz CT molecular complexity index is 586. The molecule has 0 aromatic carbocycles. The molecule has 1 amide bonds. The van der Waals surface area contributed by atoms with E-state index in [9.17, 15) is 4.79 Å². The van der Waals surface area contributed by atoms with E-state index in [1.54, 1.807) is 17.4 Å². The molecule has 1 aliphatic heterocycles. The zero-order chi connectivity index (χ0) is 13.1. The van der Waals surface area contributed by atoms with Gasteiger partial charge in [-0.15, -0.1) is 11.3 Å². The Labute approximate surface area is 115 Å². The predicted octanol–water partition coefficient (Wildman–Crippen LogP) is 2.09. The van der Waals surface area contributed by atoms with Gasteiger partial charge in [-0.3, -0.25) is 9.48 Å². The summed E-state index contributed by atoms with van der Waals surface area (Å²) in [5.41, 5.74) is 1.19. The zero-order valence-electron chi connectivity index (χ0n) is 10.5. The molecule has 0 unspecified atom stereocenters. The van der Waals surface area contributed by atoms with E-state index in [0.29, 0.717) is 0 Å². The second-order valence-corrected chi connectivity index (χ2v) is 5.57. The summed E-state index contributed by atoms with van der Waals surface area (Å²) in [5, 5.41) is 9.28. The lowest BCUT2D eigenvalue weighted by Crippen LogP contribution is -2.39. The first kappa shape index (κ1) is 12.2. The minimum absolute atomic E-state index is 0.0219. The smallest absolute Gasteiger partial charge is 0.244 e. The summed E-state index contributed by atoms with van der Waals surface area (Å²) in [6, 6.07) is 6.20. The van der Waals surface area contributed by atoms with Crippen LogP contribution in [-0.4, -0.2) is 21.7 Å². The van der Waals surface area contributed by atoms with E-state index in [1.165, 1.54) is 5.69 Å². The molecule has 0 saturated heterocycles. The quantitative estimate of drug-likeness (QED) is 0.870. The van der Waals surface area contributed by atoms with Crippen molar-refractivity contribution in [2.45, 2.75) is 25.4 Å². The third-order valence-corrected chi connectivity index (χ3v) is 4.08. The van der Waals surface area contributed by atoms with Gasteiger partial charge in [-0.25, -0.2) is 0 Å². The number of hydrogen-bond acceptors (Lipinski definition) is 3. The first-order chi connectivity index (χ1) is 9.31. The topological polar surface area (TPSA) is 46.9 Å². The molecule has 2 aromatic heterocycles. The molecular weight excluding hydrogens is 258 g/mol. The highest BCUT2D eigenvalue weighted by Gasteiger charge is 2.19. The fraction of sp³-hybridized carbons (Fsp3) is 0.286. The van der Waals surface area contributed by atoms with E-state index < -0.39 is 0 Å². The van der Waals surface area contributed by atoms with E-state index in [0.717, 1.165) is 24.3 Å². The third-order valence-electron chi connectivity index (χ3n) is 3.24. The van der Waals surface area contributed by atoms with Crippen molar-refractivity contribution in [2.75, 3.05) is 0 Å². The van der Waals surface area contributed by atoms with Crippen molar-refractivity contribution in [1.29, 1.82) is 0 Å². The normalized spacial score (nSPS) is 18.4. The van der Waals surface area contributed by atoms with Crippen molar-refractivity contribution in [3.63, 3.8) is 0 Å². The van der Waals surface area contributed by atoms with Crippen LogP contribution in [0.4, 0.5) is 0 Å². The maximum Gasteiger partial charge on any atom is 0.244 e. The Morgan fingerprint density at radius 2 is 2.47 bits per heavy atom. The average molecular weight is 273 g/mol. The molecule has 5 heteroatoms. The highest BCUT2D eigenvalue weighted by molar-refractivity contribution is 7.10. The standard InChI is InChI=1S/C14H15N3OS/c18-14(4-3-13-2-1-9-19-13)16-11-6-8-17-12(10-11)5-7-15-17/h1-5,7,9,11H,6,8,10H2,(H,16,18)/b4-3+/t11-/m0/s1. The van der Waals surface area contributed by atoms with Gasteiger partial charge in [0, 0.05) is 41.9 Å². The molecule has 0 bridgehead atoms. The lowest BCUT2D eigenvalue weighted by atomic mass is 10.0. The van der Waals surface area contributed by atoms with E-state index in [2.05, 4.69) is 10.4 Å². The molecule has 1 aliphatic rings. The summed E-state index contributed by atoms with van der Waals surface area (Å²) in [5.74, 6) is -0.0219. The van der Waals surface area contributed by atoms with Crippen molar-refractivity contribution >= 4 is 23.3 Å². The first-order valence-corrected chi connectivity index (χ1v) is 7.22. The molecule has 0 fully saturated rings. The van der Waals surface area contributed by atoms with Gasteiger partial charge in [-0.05, 0) is 30.0 Å². The average Bonchev–Trinajstić information content (AvgIpc) is 3.07. The van der Waals surface area contributed by atoms with Crippen LogP contribution in [0.25, 0.3) is 6.08 Å². The van der Waals surface area contributed by atoms with Gasteiger partial charge in [0.25, 0.3) is 0 Å². The molecule has 0 spiro atoms. The van der Waals surface area contributed by atoms with Gasteiger partial charge in [0.05, 0.1) is 0 Å². The Hall–Kier alpha value is -1.88. The molecule has 19 heavy (non-hydrogen) atoms. The zero-order valence-corrected chi connectivity index (χ0v) is 11.3. The van der Waals surface area contributed by atoms with Gasteiger partial charge in [0.1, 0.15) is 0 Å². The van der Waals surface area contributed by atoms with Crippen LogP contribution in [-0.2, 0) is 17.8 Å². The number of fused-ring (bicyclic) bond motifs is 1. The van der Waals surface area contributed by atoms with Crippen LogP contribution in [0, 0.1) is 0 Å². The number of aryl methyl sites for hydroxylation is 1. The number of carbonyl (C=O) groups is 1. The van der Waals surface area contributed by atoms with Crippen LogP contribution >= 0.6 is 11.3 Å². The Morgan fingerprint density at radius 1 is 1.53 bits per heavy atom. The molecule has 0 aliphatic carbocycles. The molecule has 3 rings (SSSR count). The van der Waals surface area contributed by atoms with Crippen molar-refractivity contribution in [3.05, 3.63) is 46.4 Å². The van der Waals surface area contributed by atoms with Gasteiger partial charge < -0.3 is 5.32 Å². The number of rotatable bonds is 3. The Balaban J connectivity index is 1.56. The molecule has 3 heterocycles. The highest BCUT2D eigenvalue weighted by Crippen LogP contribution is 2.14. The third kappa shape index (κ3) is 2.93. The number of hydrogen-bond donors (Lipinski definition) is 1. The van der Waals surface area contributed by atoms with E-state index in [4.69, 9.17) is 0 Å². The van der Waals surface area contributed by atoms with Crippen molar-refractivity contribution in [2.24, 2.45) is 0 Å². The van der Waals surface area contributed by atoms with Gasteiger partial charge in [-0.2, -0.15) is 5.10 Å². The second-order valence-electron chi connectivity index (χ2n) is 4.59. The summed E-state index contributed by atoms with van der Waals surface area (Å²) < 4.78 is 2.00. The first-order valence-electron chi connectivity index (χ1n) is 6.34. The van der Waals surface area contributed by atoms with Crippen LogP contribution < -0.4 is 5.32 Å². The number of aromatic nitrogens is 2. The van der Waals surface area contributed by atoms with Gasteiger partial charge in [-0.1, -0.05) is 6.07 Å². The molecule has 98 valence electrons. The van der Waals surface area contributed by atoms with Gasteiger partial charge >= 0.3 is 0 Å². The Morgan fingerprint density at radius 3 is 3.32 bits per heavy atom. The number of carbonyl (C=O) groups excluding carboxylic acids is 1. The molecule has 4 nitrogen and oxygen atoms in total. The maximum atomic E-state index is 11.8. The monoisotopic (exact) mass is 273 g/mol. The minimum atomic E-state index is -0.0219. The van der Waals surface area contributed by atoms with Gasteiger partial charge in [0.15, 0.2) is 0 Å². The molecule has 1 N–H and O–H groups in total.